The van der Waals surface area contributed by atoms with Gasteiger partial charge in [-0.3, -0.25) is 9.97 Å². The van der Waals surface area contributed by atoms with Crippen molar-refractivity contribution in [2.75, 3.05) is 0 Å². The third-order valence-electron chi connectivity index (χ3n) is 3.81. The highest BCUT2D eigenvalue weighted by Gasteiger charge is 2.07. The van der Waals surface area contributed by atoms with E-state index < -0.39 is 0 Å². The van der Waals surface area contributed by atoms with Crippen molar-refractivity contribution in [2.45, 2.75) is 13.1 Å². The summed E-state index contributed by atoms with van der Waals surface area (Å²) < 4.78 is 11.7. The molecule has 124 valence electrons. The van der Waals surface area contributed by atoms with E-state index in [2.05, 4.69) is 15.3 Å². The third kappa shape index (κ3) is 3.67. The van der Waals surface area contributed by atoms with Crippen LogP contribution in [-0.4, -0.2) is 9.97 Å². The summed E-state index contributed by atoms with van der Waals surface area (Å²) in [6.45, 7) is 1.26. The van der Waals surface area contributed by atoms with Crippen LogP contribution in [0, 0.1) is 0 Å². The van der Waals surface area contributed by atoms with Crippen molar-refractivity contribution in [3.8, 4) is 22.6 Å². The van der Waals surface area contributed by atoms with Gasteiger partial charge in [-0.05, 0) is 48.5 Å². The number of furan rings is 2. The van der Waals surface area contributed by atoms with Crippen molar-refractivity contribution in [1.82, 2.24) is 15.3 Å². The number of nitrogens with one attached hydrogen (secondary N) is 1. The van der Waals surface area contributed by atoms with Crippen LogP contribution < -0.4 is 5.32 Å². The molecular weight excluding hydrogens is 314 g/mol. The van der Waals surface area contributed by atoms with Crippen LogP contribution in [0.1, 0.15) is 11.5 Å². The van der Waals surface area contributed by atoms with Gasteiger partial charge in [-0.15, -0.1) is 0 Å². The van der Waals surface area contributed by atoms with E-state index in [1.165, 1.54) is 0 Å². The summed E-state index contributed by atoms with van der Waals surface area (Å²) in [4.78, 5) is 8.21. The molecule has 0 aliphatic rings. The molecule has 1 N–H and O–H groups in total. The number of rotatable bonds is 6. The van der Waals surface area contributed by atoms with Gasteiger partial charge in [0.25, 0.3) is 0 Å². The van der Waals surface area contributed by atoms with Crippen molar-refractivity contribution in [2.24, 2.45) is 0 Å². The summed E-state index contributed by atoms with van der Waals surface area (Å²) >= 11 is 0. The fourth-order valence-corrected chi connectivity index (χ4v) is 2.58. The minimum Gasteiger partial charge on any atom is -0.460 e. The van der Waals surface area contributed by atoms with Gasteiger partial charge in [0.1, 0.15) is 23.0 Å². The lowest BCUT2D eigenvalue weighted by molar-refractivity contribution is 0.460. The Morgan fingerprint density at radius 3 is 1.64 bits per heavy atom. The Balaban J connectivity index is 1.34. The summed E-state index contributed by atoms with van der Waals surface area (Å²) in [5.74, 6) is 3.39. The topological polar surface area (TPSA) is 64.1 Å². The Kier molecular flexibility index (Phi) is 4.39. The second kappa shape index (κ2) is 7.15. The lowest BCUT2D eigenvalue weighted by Crippen LogP contribution is -2.11. The van der Waals surface area contributed by atoms with Crippen molar-refractivity contribution in [3.63, 3.8) is 0 Å². The van der Waals surface area contributed by atoms with E-state index in [1.807, 2.05) is 48.5 Å². The zero-order valence-electron chi connectivity index (χ0n) is 13.6. The zero-order chi connectivity index (χ0) is 16.9. The number of pyridine rings is 2. The van der Waals surface area contributed by atoms with E-state index in [4.69, 9.17) is 8.83 Å². The van der Waals surface area contributed by atoms with Gasteiger partial charge in [0, 0.05) is 35.9 Å². The normalized spacial score (nSPS) is 10.9. The lowest BCUT2D eigenvalue weighted by Gasteiger charge is -2.01. The van der Waals surface area contributed by atoms with Gasteiger partial charge in [0.2, 0.25) is 0 Å². The average Bonchev–Trinajstić information content (AvgIpc) is 3.33. The maximum Gasteiger partial charge on any atom is 0.135 e. The quantitative estimate of drug-likeness (QED) is 0.571. The van der Waals surface area contributed by atoms with Gasteiger partial charge in [-0.25, -0.2) is 0 Å². The average molecular weight is 331 g/mol. The maximum atomic E-state index is 5.84. The maximum absolute atomic E-state index is 5.84. The molecule has 0 aliphatic heterocycles. The highest BCUT2D eigenvalue weighted by atomic mass is 16.3. The molecule has 0 radical (unpaired) electrons. The van der Waals surface area contributed by atoms with Gasteiger partial charge in [-0.1, -0.05) is 0 Å². The Hall–Kier alpha value is -3.18. The van der Waals surface area contributed by atoms with Crippen molar-refractivity contribution in [1.29, 1.82) is 0 Å². The van der Waals surface area contributed by atoms with E-state index in [9.17, 15) is 0 Å². The van der Waals surface area contributed by atoms with Crippen molar-refractivity contribution in [3.05, 3.63) is 84.8 Å². The first-order valence-corrected chi connectivity index (χ1v) is 8.07. The second-order valence-electron chi connectivity index (χ2n) is 5.62. The molecule has 0 atom stereocenters. The molecule has 0 amide bonds. The van der Waals surface area contributed by atoms with Crippen LogP contribution in [0.15, 0.2) is 82.2 Å². The van der Waals surface area contributed by atoms with Crippen LogP contribution in [0.5, 0.6) is 0 Å². The summed E-state index contributed by atoms with van der Waals surface area (Å²) in [5.41, 5.74) is 1.95. The summed E-state index contributed by atoms with van der Waals surface area (Å²) in [5, 5.41) is 3.33. The predicted octanol–water partition coefficient (Wildman–Crippen LogP) is 4.29. The van der Waals surface area contributed by atoms with Crippen LogP contribution >= 0.6 is 0 Å². The number of hydrogen-bond donors (Lipinski definition) is 1. The fourth-order valence-electron chi connectivity index (χ4n) is 2.58. The standard InChI is InChI=1S/C20H17N3O2/c1-3-15(11-21-9-1)19-7-5-17(24-19)13-23-14-18-6-8-20(25-18)16-4-2-10-22-12-16/h1-12,23H,13-14H2. The minimum absolute atomic E-state index is 0.628. The van der Waals surface area contributed by atoms with Gasteiger partial charge in [0.05, 0.1) is 13.1 Å². The predicted molar refractivity (Wildman–Crippen MR) is 94.4 cm³/mol. The van der Waals surface area contributed by atoms with Crippen LogP contribution in [0.25, 0.3) is 22.6 Å². The molecule has 25 heavy (non-hydrogen) atoms. The molecule has 0 aromatic carbocycles. The van der Waals surface area contributed by atoms with Crippen LogP contribution in [0.3, 0.4) is 0 Å². The number of hydrogen-bond acceptors (Lipinski definition) is 5. The zero-order valence-corrected chi connectivity index (χ0v) is 13.6. The molecule has 4 rings (SSSR count). The molecular formula is C20H17N3O2. The molecule has 0 unspecified atom stereocenters. The molecule has 0 spiro atoms. The van der Waals surface area contributed by atoms with Gasteiger partial charge in [0.15, 0.2) is 0 Å². The van der Waals surface area contributed by atoms with Crippen LogP contribution in [0.4, 0.5) is 0 Å². The molecule has 0 saturated carbocycles. The molecule has 4 aromatic rings. The summed E-state index contributed by atoms with van der Waals surface area (Å²) in [7, 11) is 0. The van der Waals surface area contributed by atoms with Gasteiger partial charge in [-0.2, -0.15) is 0 Å². The third-order valence-corrected chi connectivity index (χ3v) is 3.81. The smallest absolute Gasteiger partial charge is 0.135 e. The summed E-state index contributed by atoms with van der Waals surface area (Å²) in [6, 6.07) is 15.6. The van der Waals surface area contributed by atoms with E-state index in [-0.39, 0.29) is 0 Å². The summed E-state index contributed by atoms with van der Waals surface area (Å²) in [6.07, 6.45) is 7.08. The Morgan fingerprint density at radius 1 is 0.680 bits per heavy atom. The molecule has 0 aliphatic carbocycles. The van der Waals surface area contributed by atoms with E-state index in [0.717, 1.165) is 34.2 Å². The highest BCUT2D eigenvalue weighted by molar-refractivity contribution is 5.56. The number of aromatic nitrogens is 2. The molecule has 0 bridgehead atoms. The van der Waals surface area contributed by atoms with Crippen molar-refractivity contribution < 1.29 is 8.83 Å². The second-order valence-corrected chi connectivity index (χ2v) is 5.62. The van der Waals surface area contributed by atoms with Gasteiger partial charge >= 0.3 is 0 Å². The minimum atomic E-state index is 0.628. The largest absolute Gasteiger partial charge is 0.460 e. The molecule has 0 saturated heterocycles. The van der Waals surface area contributed by atoms with Gasteiger partial charge < -0.3 is 14.2 Å². The van der Waals surface area contributed by atoms with Crippen LogP contribution in [0.2, 0.25) is 0 Å². The monoisotopic (exact) mass is 331 g/mol. The molecule has 5 heteroatoms. The molecule has 0 fully saturated rings. The van der Waals surface area contributed by atoms with E-state index in [0.29, 0.717) is 13.1 Å². The van der Waals surface area contributed by atoms with Crippen molar-refractivity contribution >= 4 is 0 Å². The molecule has 5 nitrogen and oxygen atoms in total. The highest BCUT2D eigenvalue weighted by Crippen LogP contribution is 2.22. The van der Waals surface area contributed by atoms with E-state index >= 15 is 0 Å². The Morgan fingerprint density at radius 2 is 1.20 bits per heavy atom. The first-order chi connectivity index (χ1) is 12.4. The Bertz CT molecular complexity index is 852. The Labute approximate surface area is 145 Å². The molecule has 4 heterocycles. The first-order valence-electron chi connectivity index (χ1n) is 8.07. The first kappa shape index (κ1) is 15.4. The SMILES string of the molecule is c1cncc(-c2ccc(CNCc3ccc(-c4cccnc4)o3)o2)c1. The fraction of sp³-hybridized carbons (Fsp3) is 0.100. The number of nitrogens with zero attached hydrogens (tertiary/aromatic N) is 2. The van der Waals surface area contributed by atoms with Crippen LogP contribution in [-0.2, 0) is 13.1 Å². The van der Waals surface area contributed by atoms with E-state index in [1.54, 1.807) is 24.8 Å². The molecule has 4 aromatic heterocycles. The lowest BCUT2D eigenvalue weighted by atomic mass is 10.2.